The number of nitrogens with zero attached hydrogens (tertiary/aromatic N) is 2. The largest absolute Gasteiger partial charge is 0.308 e. The molecule has 0 aliphatic carbocycles. The molecule has 0 fully saturated rings. The van der Waals surface area contributed by atoms with Crippen LogP contribution in [-0.4, -0.2) is 16.3 Å². The molecule has 0 bridgehead atoms. The molecule has 0 saturated carbocycles. The van der Waals surface area contributed by atoms with Gasteiger partial charge in [0.2, 0.25) is 0 Å². The zero-order valence-electron chi connectivity index (χ0n) is 10.7. The predicted molar refractivity (Wildman–Crippen MR) is 69.8 cm³/mol. The predicted octanol–water partition coefficient (Wildman–Crippen LogP) is 2.68. The molecule has 4 heteroatoms. The van der Waals surface area contributed by atoms with Crippen LogP contribution in [0.3, 0.4) is 0 Å². The van der Waals surface area contributed by atoms with Crippen LogP contribution in [0.5, 0.6) is 0 Å². The highest BCUT2D eigenvalue weighted by Gasteiger charge is 2.08. The van der Waals surface area contributed by atoms with Gasteiger partial charge in [0.05, 0.1) is 12.7 Å². The van der Waals surface area contributed by atoms with E-state index in [2.05, 4.69) is 10.4 Å². The van der Waals surface area contributed by atoms with Gasteiger partial charge in [-0.25, -0.2) is 4.39 Å². The van der Waals surface area contributed by atoms with Gasteiger partial charge in [0.25, 0.3) is 0 Å². The first kappa shape index (κ1) is 12.8. The third-order valence-electron chi connectivity index (χ3n) is 2.93. The van der Waals surface area contributed by atoms with Crippen molar-refractivity contribution in [3.8, 4) is 0 Å². The van der Waals surface area contributed by atoms with Gasteiger partial charge in [-0.2, -0.15) is 5.10 Å². The maximum atomic E-state index is 13.5. The highest BCUT2D eigenvalue weighted by molar-refractivity contribution is 5.20. The van der Waals surface area contributed by atoms with E-state index >= 15 is 0 Å². The van der Waals surface area contributed by atoms with E-state index in [9.17, 15) is 4.39 Å². The summed E-state index contributed by atoms with van der Waals surface area (Å²) in [7, 11) is 0. The van der Waals surface area contributed by atoms with Crippen molar-refractivity contribution in [3.63, 3.8) is 0 Å². The number of aryl methyl sites for hydroxylation is 1. The molecule has 0 aliphatic rings. The highest BCUT2D eigenvalue weighted by Crippen LogP contribution is 2.15. The van der Waals surface area contributed by atoms with E-state index in [-0.39, 0.29) is 11.9 Å². The number of aromatic nitrogens is 2. The van der Waals surface area contributed by atoms with Crippen molar-refractivity contribution in [2.24, 2.45) is 0 Å². The summed E-state index contributed by atoms with van der Waals surface area (Å²) in [5.41, 5.74) is 1.85. The monoisotopic (exact) mass is 247 g/mol. The normalized spacial score (nSPS) is 12.6. The van der Waals surface area contributed by atoms with Crippen LogP contribution in [0.25, 0.3) is 0 Å². The van der Waals surface area contributed by atoms with Crippen molar-refractivity contribution in [2.75, 3.05) is 6.54 Å². The second kappa shape index (κ2) is 5.78. The summed E-state index contributed by atoms with van der Waals surface area (Å²) in [6.07, 6.45) is 3.83. The van der Waals surface area contributed by atoms with Crippen LogP contribution in [0, 0.1) is 12.7 Å². The number of nitrogens with one attached hydrogen (secondary N) is 1. The summed E-state index contributed by atoms with van der Waals surface area (Å²) >= 11 is 0. The molecular formula is C14H18FN3. The molecule has 18 heavy (non-hydrogen) atoms. The Morgan fingerprint density at radius 2 is 2.17 bits per heavy atom. The minimum Gasteiger partial charge on any atom is -0.308 e. The van der Waals surface area contributed by atoms with Crippen molar-refractivity contribution < 1.29 is 4.39 Å². The Kier molecular flexibility index (Phi) is 4.10. The summed E-state index contributed by atoms with van der Waals surface area (Å²) in [6, 6.07) is 6.86. The first-order valence-corrected chi connectivity index (χ1v) is 6.13. The number of halogens is 1. The van der Waals surface area contributed by atoms with Crippen molar-refractivity contribution in [3.05, 3.63) is 53.6 Å². The van der Waals surface area contributed by atoms with Crippen LogP contribution in [0.1, 0.15) is 24.1 Å². The number of rotatable bonds is 5. The summed E-state index contributed by atoms with van der Waals surface area (Å²) in [6.45, 7) is 5.52. The van der Waals surface area contributed by atoms with Crippen LogP contribution in [0.15, 0.2) is 36.7 Å². The fraction of sp³-hybridized carbons (Fsp3) is 0.357. The Bertz CT molecular complexity index is 507. The molecule has 0 aliphatic heterocycles. The fourth-order valence-corrected chi connectivity index (χ4v) is 1.92. The molecule has 2 rings (SSSR count). The van der Waals surface area contributed by atoms with E-state index in [1.807, 2.05) is 43.1 Å². The summed E-state index contributed by atoms with van der Waals surface area (Å²) in [4.78, 5) is 0. The van der Waals surface area contributed by atoms with Crippen LogP contribution in [0.2, 0.25) is 0 Å². The average Bonchev–Trinajstić information content (AvgIpc) is 2.75. The van der Waals surface area contributed by atoms with Gasteiger partial charge in [-0.05, 0) is 25.5 Å². The topological polar surface area (TPSA) is 29.9 Å². The van der Waals surface area contributed by atoms with Gasteiger partial charge in [0.15, 0.2) is 0 Å². The summed E-state index contributed by atoms with van der Waals surface area (Å²) < 4.78 is 15.4. The Morgan fingerprint density at radius 1 is 1.39 bits per heavy atom. The Labute approximate surface area is 107 Å². The minimum atomic E-state index is -0.160. The molecule has 1 heterocycles. The lowest BCUT2D eigenvalue weighted by atomic mass is 10.1. The molecule has 1 atom stereocenters. The third-order valence-corrected chi connectivity index (χ3v) is 2.93. The minimum absolute atomic E-state index is 0.00265. The van der Waals surface area contributed by atoms with Gasteiger partial charge in [-0.15, -0.1) is 0 Å². The van der Waals surface area contributed by atoms with Gasteiger partial charge < -0.3 is 5.32 Å². The second-order valence-electron chi connectivity index (χ2n) is 4.48. The van der Waals surface area contributed by atoms with E-state index < -0.39 is 0 Å². The average molecular weight is 247 g/mol. The maximum Gasteiger partial charge on any atom is 0.127 e. The van der Waals surface area contributed by atoms with Gasteiger partial charge in [0, 0.05) is 24.3 Å². The molecular weight excluding hydrogens is 229 g/mol. The Balaban J connectivity index is 1.85. The van der Waals surface area contributed by atoms with E-state index in [0.717, 1.165) is 18.7 Å². The summed E-state index contributed by atoms with van der Waals surface area (Å²) in [5.74, 6) is -0.160. The lowest BCUT2D eigenvalue weighted by molar-refractivity contribution is 0.489. The van der Waals surface area contributed by atoms with Crippen molar-refractivity contribution in [1.29, 1.82) is 0 Å². The standard InChI is InChI=1S/C14H18FN3/c1-11-9-17-18(10-11)8-7-16-12(2)13-5-3-4-6-14(13)15/h3-6,9-10,12,16H,7-8H2,1-2H3/t12-/m1/s1. The van der Waals surface area contributed by atoms with Crippen LogP contribution < -0.4 is 5.32 Å². The third kappa shape index (κ3) is 3.17. The molecule has 0 amide bonds. The van der Waals surface area contributed by atoms with Crippen LogP contribution >= 0.6 is 0 Å². The zero-order valence-corrected chi connectivity index (χ0v) is 10.7. The van der Waals surface area contributed by atoms with Crippen LogP contribution in [-0.2, 0) is 6.54 Å². The lowest BCUT2D eigenvalue weighted by Gasteiger charge is -2.14. The Morgan fingerprint density at radius 3 is 2.83 bits per heavy atom. The van der Waals surface area contributed by atoms with Crippen molar-refractivity contribution in [1.82, 2.24) is 15.1 Å². The highest BCUT2D eigenvalue weighted by atomic mass is 19.1. The molecule has 2 aromatic rings. The van der Waals surface area contributed by atoms with Crippen molar-refractivity contribution >= 4 is 0 Å². The number of benzene rings is 1. The fourth-order valence-electron chi connectivity index (χ4n) is 1.92. The molecule has 1 aromatic carbocycles. The maximum absolute atomic E-state index is 13.5. The number of hydrogen-bond acceptors (Lipinski definition) is 2. The first-order valence-electron chi connectivity index (χ1n) is 6.13. The number of hydrogen-bond donors (Lipinski definition) is 1. The first-order chi connectivity index (χ1) is 8.66. The van der Waals surface area contributed by atoms with E-state index in [1.54, 1.807) is 6.07 Å². The lowest BCUT2D eigenvalue weighted by Crippen LogP contribution is -2.24. The van der Waals surface area contributed by atoms with E-state index in [0.29, 0.717) is 5.56 Å². The molecule has 96 valence electrons. The summed E-state index contributed by atoms with van der Waals surface area (Å²) in [5, 5.41) is 7.50. The van der Waals surface area contributed by atoms with Crippen LogP contribution in [0.4, 0.5) is 4.39 Å². The smallest absolute Gasteiger partial charge is 0.127 e. The molecule has 0 unspecified atom stereocenters. The SMILES string of the molecule is Cc1cnn(CCN[C@H](C)c2ccccc2F)c1. The van der Waals surface area contributed by atoms with Crippen molar-refractivity contribution in [2.45, 2.75) is 26.4 Å². The molecule has 0 radical (unpaired) electrons. The quantitative estimate of drug-likeness (QED) is 0.880. The zero-order chi connectivity index (χ0) is 13.0. The van der Waals surface area contributed by atoms with E-state index in [1.165, 1.54) is 6.07 Å². The van der Waals surface area contributed by atoms with Gasteiger partial charge in [-0.1, -0.05) is 18.2 Å². The molecule has 0 spiro atoms. The van der Waals surface area contributed by atoms with E-state index in [4.69, 9.17) is 0 Å². The molecule has 1 N–H and O–H groups in total. The molecule has 3 nitrogen and oxygen atoms in total. The Hall–Kier alpha value is -1.68. The molecule has 1 aromatic heterocycles. The van der Waals surface area contributed by atoms with Gasteiger partial charge in [0.1, 0.15) is 5.82 Å². The molecule has 0 saturated heterocycles. The van der Waals surface area contributed by atoms with Gasteiger partial charge >= 0.3 is 0 Å². The van der Waals surface area contributed by atoms with Gasteiger partial charge in [-0.3, -0.25) is 4.68 Å². The second-order valence-corrected chi connectivity index (χ2v) is 4.48.